The zero-order valence-electron chi connectivity index (χ0n) is 7.51. The second kappa shape index (κ2) is 3.53. The molecule has 2 rings (SSSR count). The van der Waals surface area contributed by atoms with Gasteiger partial charge in [0.25, 0.3) is 0 Å². The van der Waals surface area contributed by atoms with Gasteiger partial charge in [-0.15, -0.1) is 0 Å². The molecule has 14 heavy (non-hydrogen) atoms. The molecular formula is C9H9BrClN3. The van der Waals surface area contributed by atoms with E-state index in [1.54, 1.807) is 0 Å². The molecule has 3 nitrogen and oxygen atoms in total. The van der Waals surface area contributed by atoms with Gasteiger partial charge in [-0.2, -0.15) is 0 Å². The molecule has 0 aliphatic heterocycles. The van der Waals surface area contributed by atoms with Gasteiger partial charge in [-0.3, -0.25) is 0 Å². The number of aromatic nitrogens is 2. The largest absolute Gasteiger partial charge is 0.341 e. The number of halogens is 2. The number of fused-ring (bicyclic) bond motifs is 1. The van der Waals surface area contributed by atoms with Gasteiger partial charge in [-0.05, 0) is 35.0 Å². The number of hydrogen-bond acceptors (Lipinski definition) is 2. The highest BCUT2D eigenvalue weighted by molar-refractivity contribution is 9.10. The number of aromatic amines is 1. The van der Waals surface area contributed by atoms with Crippen molar-refractivity contribution in [2.24, 2.45) is 5.73 Å². The van der Waals surface area contributed by atoms with Crippen LogP contribution in [0.4, 0.5) is 0 Å². The molecule has 2 aromatic rings. The van der Waals surface area contributed by atoms with E-state index in [0.717, 1.165) is 21.3 Å². The first-order valence-corrected chi connectivity index (χ1v) is 5.36. The van der Waals surface area contributed by atoms with Crippen LogP contribution in [0, 0.1) is 0 Å². The van der Waals surface area contributed by atoms with Crippen LogP contribution in [0.2, 0.25) is 5.02 Å². The van der Waals surface area contributed by atoms with Crippen molar-refractivity contribution in [1.82, 2.24) is 9.97 Å². The second-order valence-corrected chi connectivity index (χ2v) is 4.37. The molecule has 0 unspecified atom stereocenters. The minimum Gasteiger partial charge on any atom is -0.341 e. The first-order valence-electron chi connectivity index (χ1n) is 4.19. The number of imidazole rings is 1. The lowest BCUT2D eigenvalue weighted by Gasteiger charge is -1.96. The molecule has 5 heteroatoms. The van der Waals surface area contributed by atoms with Crippen LogP contribution in [-0.2, 0) is 0 Å². The monoisotopic (exact) mass is 273 g/mol. The zero-order valence-corrected chi connectivity index (χ0v) is 9.85. The van der Waals surface area contributed by atoms with E-state index in [2.05, 4.69) is 25.9 Å². The maximum absolute atomic E-state index is 5.94. The predicted octanol–water partition coefficient (Wildman–Crippen LogP) is 3.00. The smallest absolute Gasteiger partial charge is 0.123 e. The van der Waals surface area contributed by atoms with Crippen molar-refractivity contribution in [2.75, 3.05) is 0 Å². The van der Waals surface area contributed by atoms with Crippen LogP contribution in [0.25, 0.3) is 11.0 Å². The van der Waals surface area contributed by atoms with Crippen molar-refractivity contribution >= 4 is 38.6 Å². The normalized spacial score (nSPS) is 13.4. The summed E-state index contributed by atoms with van der Waals surface area (Å²) < 4.78 is 0.805. The Kier molecular flexibility index (Phi) is 2.51. The van der Waals surface area contributed by atoms with Gasteiger partial charge < -0.3 is 10.7 Å². The van der Waals surface area contributed by atoms with Gasteiger partial charge in [0, 0.05) is 0 Å². The van der Waals surface area contributed by atoms with E-state index in [4.69, 9.17) is 17.3 Å². The van der Waals surface area contributed by atoms with Gasteiger partial charge in [-0.1, -0.05) is 11.6 Å². The molecule has 1 aromatic carbocycles. The molecule has 0 spiro atoms. The molecular weight excluding hydrogens is 265 g/mol. The highest BCUT2D eigenvalue weighted by atomic mass is 79.9. The third kappa shape index (κ3) is 1.54. The summed E-state index contributed by atoms with van der Waals surface area (Å²) in [7, 11) is 0. The van der Waals surface area contributed by atoms with Crippen molar-refractivity contribution in [1.29, 1.82) is 0 Å². The molecule has 0 aliphatic carbocycles. The van der Waals surface area contributed by atoms with Gasteiger partial charge >= 0.3 is 0 Å². The van der Waals surface area contributed by atoms with Gasteiger partial charge in [-0.25, -0.2) is 4.98 Å². The van der Waals surface area contributed by atoms with E-state index in [-0.39, 0.29) is 6.04 Å². The van der Waals surface area contributed by atoms with Crippen molar-refractivity contribution in [3.8, 4) is 0 Å². The molecule has 0 fully saturated rings. The van der Waals surface area contributed by atoms with Gasteiger partial charge in [0.2, 0.25) is 0 Å². The SMILES string of the molecule is C[C@H](N)c1nc2c(Br)c(Cl)ccc2[nH]1. The highest BCUT2D eigenvalue weighted by Gasteiger charge is 2.10. The van der Waals surface area contributed by atoms with Crippen molar-refractivity contribution in [3.05, 3.63) is 27.5 Å². The lowest BCUT2D eigenvalue weighted by Crippen LogP contribution is -2.06. The molecule has 74 valence electrons. The fraction of sp³-hybridized carbons (Fsp3) is 0.222. The number of H-pyrrole nitrogens is 1. The average molecular weight is 275 g/mol. The van der Waals surface area contributed by atoms with E-state index in [1.807, 2.05) is 19.1 Å². The average Bonchev–Trinajstić information content (AvgIpc) is 2.56. The number of rotatable bonds is 1. The lowest BCUT2D eigenvalue weighted by molar-refractivity contribution is 0.760. The second-order valence-electron chi connectivity index (χ2n) is 3.17. The minimum absolute atomic E-state index is 0.104. The van der Waals surface area contributed by atoms with Crippen LogP contribution in [0.15, 0.2) is 16.6 Å². The molecule has 0 aliphatic rings. The molecule has 0 radical (unpaired) electrons. The highest BCUT2D eigenvalue weighted by Crippen LogP contribution is 2.30. The molecule has 0 saturated carbocycles. The fourth-order valence-electron chi connectivity index (χ4n) is 1.25. The van der Waals surface area contributed by atoms with E-state index in [9.17, 15) is 0 Å². The van der Waals surface area contributed by atoms with Crippen molar-refractivity contribution in [3.63, 3.8) is 0 Å². The number of nitrogens with two attached hydrogens (primary N) is 1. The molecule has 1 heterocycles. The summed E-state index contributed by atoms with van der Waals surface area (Å²) in [6.45, 7) is 1.88. The fourth-order valence-corrected chi connectivity index (χ4v) is 1.84. The third-order valence-electron chi connectivity index (χ3n) is 2.00. The summed E-state index contributed by atoms with van der Waals surface area (Å²) in [6.07, 6.45) is 0. The maximum atomic E-state index is 5.94. The Balaban J connectivity index is 2.71. The van der Waals surface area contributed by atoms with E-state index in [0.29, 0.717) is 5.02 Å². The number of nitrogens with one attached hydrogen (secondary N) is 1. The molecule has 1 aromatic heterocycles. The van der Waals surface area contributed by atoms with Crippen LogP contribution >= 0.6 is 27.5 Å². The summed E-state index contributed by atoms with van der Waals surface area (Å²) >= 11 is 9.33. The standard InChI is InChI=1S/C9H9BrClN3/c1-4(12)9-13-6-3-2-5(11)7(10)8(6)14-9/h2-4H,12H2,1H3,(H,13,14)/t4-/m0/s1. The van der Waals surface area contributed by atoms with E-state index < -0.39 is 0 Å². The summed E-state index contributed by atoms with van der Waals surface area (Å²) in [4.78, 5) is 7.50. The molecule has 0 amide bonds. The maximum Gasteiger partial charge on any atom is 0.123 e. The van der Waals surface area contributed by atoms with Crippen LogP contribution in [0.1, 0.15) is 18.8 Å². The Morgan fingerprint density at radius 1 is 1.57 bits per heavy atom. The number of hydrogen-bond donors (Lipinski definition) is 2. The Morgan fingerprint density at radius 3 is 2.93 bits per heavy atom. The van der Waals surface area contributed by atoms with Crippen molar-refractivity contribution in [2.45, 2.75) is 13.0 Å². The van der Waals surface area contributed by atoms with Crippen LogP contribution in [0.5, 0.6) is 0 Å². The summed E-state index contributed by atoms with van der Waals surface area (Å²) in [5.41, 5.74) is 7.49. The quantitative estimate of drug-likeness (QED) is 0.840. The van der Waals surface area contributed by atoms with E-state index >= 15 is 0 Å². The molecule has 0 bridgehead atoms. The van der Waals surface area contributed by atoms with Crippen LogP contribution in [0.3, 0.4) is 0 Å². The topological polar surface area (TPSA) is 54.7 Å². The molecule has 0 saturated heterocycles. The number of benzene rings is 1. The Hall–Kier alpha value is -0.580. The molecule has 3 N–H and O–H groups in total. The van der Waals surface area contributed by atoms with Gasteiger partial charge in [0.05, 0.1) is 21.1 Å². The van der Waals surface area contributed by atoms with Crippen LogP contribution < -0.4 is 5.73 Å². The summed E-state index contributed by atoms with van der Waals surface area (Å²) in [6, 6.07) is 3.60. The zero-order chi connectivity index (χ0) is 10.3. The summed E-state index contributed by atoms with van der Waals surface area (Å²) in [5.74, 6) is 0.767. The van der Waals surface area contributed by atoms with Gasteiger partial charge in [0.1, 0.15) is 11.3 Å². The summed E-state index contributed by atoms with van der Waals surface area (Å²) in [5, 5.41) is 0.653. The lowest BCUT2D eigenvalue weighted by atomic mass is 10.3. The minimum atomic E-state index is -0.104. The molecule has 1 atom stereocenters. The Morgan fingerprint density at radius 2 is 2.29 bits per heavy atom. The Bertz CT molecular complexity index is 478. The van der Waals surface area contributed by atoms with Crippen LogP contribution in [-0.4, -0.2) is 9.97 Å². The third-order valence-corrected chi connectivity index (χ3v) is 3.34. The van der Waals surface area contributed by atoms with Crippen molar-refractivity contribution < 1.29 is 0 Å². The predicted molar refractivity (Wildman–Crippen MR) is 61.4 cm³/mol. The number of nitrogens with zero attached hydrogens (tertiary/aromatic N) is 1. The van der Waals surface area contributed by atoms with Gasteiger partial charge in [0.15, 0.2) is 0 Å². The Labute approximate surface area is 94.8 Å². The first-order chi connectivity index (χ1) is 6.59. The first kappa shape index (κ1) is 9.96. The van der Waals surface area contributed by atoms with E-state index in [1.165, 1.54) is 0 Å².